The maximum absolute atomic E-state index is 11.8. The second kappa shape index (κ2) is 5.24. The highest BCUT2D eigenvalue weighted by Crippen LogP contribution is 2.37. The Morgan fingerprint density at radius 2 is 1.90 bits per heavy atom. The number of rotatable bonds is 4. The largest absolute Gasteiger partial charge is 0.419 e. The Kier molecular flexibility index (Phi) is 3.64. The van der Waals surface area contributed by atoms with Crippen molar-refractivity contribution in [2.24, 2.45) is 5.92 Å². The van der Waals surface area contributed by atoms with E-state index in [1.54, 1.807) is 0 Å². The van der Waals surface area contributed by atoms with Crippen LogP contribution < -0.4 is 4.74 Å². The average molecular weight is 280 g/mol. The van der Waals surface area contributed by atoms with E-state index in [1.807, 2.05) is 0 Å². The topological polar surface area (TPSA) is 113 Å². The lowest BCUT2D eigenvalue weighted by Gasteiger charge is -2.23. The number of non-ortho nitro benzene ring substituents is 1. The Hall–Kier alpha value is -2.51. The molecule has 106 valence electrons. The summed E-state index contributed by atoms with van der Waals surface area (Å²) < 4.78 is 5.07. The molecule has 2 rings (SSSR count). The highest BCUT2D eigenvalue weighted by molar-refractivity contribution is 5.78. The first-order valence-electron chi connectivity index (χ1n) is 6.05. The third-order valence-electron chi connectivity index (χ3n) is 3.29. The molecule has 1 aromatic rings. The first-order valence-corrected chi connectivity index (χ1v) is 6.05. The zero-order chi connectivity index (χ0) is 14.9. The maximum Gasteiger partial charge on any atom is 0.318 e. The summed E-state index contributed by atoms with van der Waals surface area (Å²) in [6, 6.07) is 1.95. The fraction of sp³-hybridized carbons (Fsp3) is 0.417. The van der Waals surface area contributed by atoms with Gasteiger partial charge in [-0.25, -0.2) is 0 Å². The summed E-state index contributed by atoms with van der Waals surface area (Å²) in [6.45, 7) is 1.43. The number of aryl methyl sites for hydroxylation is 1. The van der Waals surface area contributed by atoms with Gasteiger partial charge in [0.1, 0.15) is 0 Å². The van der Waals surface area contributed by atoms with E-state index in [1.165, 1.54) is 6.92 Å². The molecule has 0 bridgehead atoms. The molecule has 0 unspecified atom stereocenters. The number of nitro groups is 2. The molecule has 0 aliphatic heterocycles. The number of carbonyl (C=O) groups excluding carboxylic acids is 1. The molecule has 1 saturated carbocycles. The fourth-order valence-electron chi connectivity index (χ4n) is 1.94. The Morgan fingerprint density at radius 1 is 1.25 bits per heavy atom. The molecule has 0 atom stereocenters. The minimum absolute atomic E-state index is 0.193. The Labute approximate surface area is 113 Å². The molecule has 0 N–H and O–H groups in total. The van der Waals surface area contributed by atoms with E-state index >= 15 is 0 Å². The minimum atomic E-state index is -0.788. The monoisotopic (exact) mass is 280 g/mol. The van der Waals surface area contributed by atoms with Crippen LogP contribution in [0.3, 0.4) is 0 Å². The van der Waals surface area contributed by atoms with Crippen LogP contribution in [-0.2, 0) is 4.79 Å². The van der Waals surface area contributed by atoms with Crippen LogP contribution in [0.15, 0.2) is 12.1 Å². The predicted molar refractivity (Wildman–Crippen MR) is 67.5 cm³/mol. The molecule has 0 amide bonds. The van der Waals surface area contributed by atoms with Crippen molar-refractivity contribution in [1.82, 2.24) is 0 Å². The van der Waals surface area contributed by atoms with E-state index in [2.05, 4.69) is 0 Å². The summed E-state index contributed by atoms with van der Waals surface area (Å²) >= 11 is 0. The Morgan fingerprint density at radius 3 is 2.35 bits per heavy atom. The van der Waals surface area contributed by atoms with E-state index in [-0.39, 0.29) is 17.2 Å². The van der Waals surface area contributed by atoms with Crippen LogP contribution in [0.4, 0.5) is 11.4 Å². The third kappa shape index (κ3) is 2.58. The SMILES string of the molecule is Cc1cc([N+](=O)[O-])cc([N+](=O)[O-])c1OC(=O)C1CCC1. The molecule has 0 heterocycles. The van der Waals surface area contributed by atoms with Gasteiger partial charge in [-0.2, -0.15) is 0 Å². The van der Waals surface area contributed by atoms with Crippen LogP contribution >= 0.6 is 0 Å². The van der Waals surface area contributed by atoms with Crippen LogP contribution in [0, 0.1) is 33.1 Å². The van der Waals surface area contributed by atoms with Gasteiger partial charge >= 0.3 is 11.7 Å². The molecule has 8 heteroatoms. The van der Waals surface area contributed by atoms with Gasteiger partial charge in [0.25, 0.3) is 5.69 Å². The normalized spacial score (nSPS) is 14.4. The predicted octanol–water partition coefficient (Wildman–Crippen LogP) is 2.52. The first-order chi connectivity index (χ1) is 9.40. The molecule has 8 nitrogen and oxygen atoms in total. The van der Waals surface area contributed by atoms with Crippen LogP contribution in [0.5, 0.6) is 5.75 Å². The first kappa shape index (κ1) is 13.9. The lowest BCUT2D eigenvalue weighted by Crippen LogP contribution is -2.26. The van der Waals surface area contributed by atoms with Gasteiger partial charge in [0, 0.05) is 11.6 Å². The van der Waals surface area contributed by atoms with E-state index < -0.39 is 27.2 Å². The zero-order valence-corrected chi connectivity index (χ0v) is 10.7. The lowest BCUT2D eigenvalue weighted by atomic mass is 9.86. The highest BCUT2D eigenvalue weighted by Gasteiger charge is 2.31. The van der Waals surface area contributed by atoms with Gasteiger partial charge in [0.2, 0.25) is 5.75 Å². The van der Waals surface area contributed by atoms with Crippen LogP contribution in [0.1, 0.15) is 24.8 Å². The molecule has 1 fully saturated rings. The van der Waals surface area contributed by atoms with Gasteiger partial charge in [-0.3, -0.25) is 25.0 Å². The van der Waals surface area contributed by atoms with E-state index in [9.17, 15) is 25.0 Å². The van der Waals surface area contributed by atoms with Crippen LogP contribution in [0.2, 0.25) is 0 Å². The van der Waals surface area contributed by atoms with Crippen molar-refractivity contribution < 1.29 is 19.4 Å². The van der Waals surface area contributed by atoms with Gasteiger partial charge < -0.3 is 4.74 Å². The number of hydrogen-bond donors (Lipinski definition) is 0. The molecule has 1 aliphatic carbocycles. The molecule has 1 aliphatic rings. The third-order valence-corrected chi connectivity index (χ3v) is 3.29. The van der Waals surface area contributed by atoms with Crippen LogP contribution in [0.25, 0.3) is 0 Å². The number of ether oxygens (including phenoxy) is 1. The molecule has 0 aromatic heterocycles. The summed E-state index contributed by atoms with van der Waals surface area (Å²) in [6.07, 6.45) is 2.35. The number of nitrogens with zero attached hydrogens (tertiary/aromatic N) is 2. The highest BCUT2D eigenvalue weighted by atomic mass is 16.6. The van der Waals surface area contributed by atoms with Crippen molar-refractivity contribution >= 4 is 17.3 Å². The van der Waals surface area contributed by atoms with Gasteiger partial charge in [0.15, 0.2) is 0 Å². The number of nitro benzene ring substituents is 2. The zero-order valence-electron chi connectivity index (χ0n) is 10.7. The molecule has 0 saturated heterocycles. The number of benzene rings is 1. The number of carbonyl (C=O) groups is 1. The quantitative estimate of drug-likeness (QED) is 0.362. The fourth-order valence-corrected chi connectivity index (χ4v) is 1.94. The summed E-state index contributed by atoms with van der Waals surface area (Å²) in [7, 11) is 0. The molecule has 0 radical (unpaired) electrons. The van der Waals surface area contributed by atoms with Gasteiger partial charge in [0.05, 0.1) is 21.8 Å². The molecule has 1 aromatic carbocycles. The molecular formula is C12H12N2O6. The lowest BCUT2D eigenvalue weighted by molar-refractivity contribution is -0.394. The van der Waals surface area contributed by atoms with Crippen molar-refractivity contribution in [3.05, 3.63) is 37.9 Å². The summed E-state index contributed by atoms with van der Waals surface area (Å²) in [5.41, 5.74) is -0.777. The average Bonchev–Trinajstić information content (AvgIpc) is 2.28. The number of hydrogen-bond acceptors (Lipinski definition) is 6. The molecule has 0 spiro atoms. The van der Waals surface area contributed by atoms with Crippen LogP contribution in [-0.4, -0.2) is 15.8 Å². The smallest absolute Gasteiger partial charge is 0.318 e. The van der Waals surface area contributed by atoms with E-state index in [0.717, 1.165) is 18.6 Å². The summed E-state index contributed by atoms with van der Waals surface area (Å²) in [4.78, 5) is 31.9. The van der Waals surface area contributed by atoms with E-state index in [0.29, 0.717) is 12.8 Å². The second-order valence-electron chi connectivity index (χ2n) is 4.67. The standard InChI is InChI=1S/C12H12N2O6/c1-7-5-9(13(16)17)6-10(14(18)19)11(7)20-12(15)8-3-2-4-8/h5-6,8H,2-4H2,1H3. The van der Waals surface area contributed by atoms with Gasteiger partial charge in [-0.05, 0) is 19.8 Å². The minimum Gasteiger partial charge on any atom is -0.419 e. The van der Waals surface area contributed by atoms with Crippen molar-refractivity contribution in [3.63, 3.8) is 0 Å². The maximum atomic E-state index is 11.8. The Balaban J connectivity index is 2.37. The van der Waals surface area contributed by atoms with Gasteiger partial charge in [-0.15, -0.1) is 0 Å². The van der Waals surface area contributed by atoms with Gasteiger partial charge in [-0.1, -0.05) is 6.42 Å². The summed E-state index contributed by atoms with van der Waals surface area (Å²) in [5.74, 6) is -0.960. The van der Waals surface area contributed by atoms with E-state index in [4.69, 9.17) is 4.74 Å². The number of esters is 1. The molecule has 20 heavy (non-hydrogen) atoms. The van der Waals surface area contributed by atoms with Crippen molar-refractivity contribution in [3.8, 4) is 5.75 Å². The van der Waals surface area contributed by atoms with Crippen molar-refractivity contribution in [2.45, 2.75) is 26.2 Å². The Bertz CT molecular complexity index is 594. The summed E-state index contributed by atoms with van der Waals surface area (Å²) in [5, 5.41) is 21.7. The van der Waals surface area contributed by atoms with Crippen molar-refractivity contribution in [2.75, 3.05) is 0 Å². The second-order valence-corrected chi connectivity index (χ2v) is 4.67. The van der Waals surface area contributed by atoms with Crippen molar-refractivity contribution in [1.29, 1.82) is 0 Å². The molecular weight excluding hydrogens is 268 g/mol.